The molecule has 0 unspecified atom stereocenters. The topological polar surface area (TPSA) is 81.4 Å². The molecule has 0 saturated heterocycles. The first-order valence-corrected chi connectivity index (χ1v) is 5.85. The molecule has 1 aromatic carbocycles. The highest BCUT2D eigenvalue weighted by atomic mass is 19.4. The van der Waals surface area contributed by atoms with Gasteiger partial charge in [0.15, 0.2) is 5.69 Å². The van der Waals surface area contributed by atoms with Crippen LogP contribution in [-0.4, -0.2) is 26.8 Å². The number of carbonyl (C=O) groups excluding carboxylic acids is 1. The maximum absolute atomic E-state index is 12.8. The predicted octanol–water partition coefficient (Wildman–Crippen LogP) is 2.36. The summed E-state index contributed by atoms with van der Waals surface area (Å²) in [6.45, 7) is 0. The van der Waals surface area contributed by atoms with Gasteiger partial charge >= 0.3 is 18.1 Å². The van der Waals surface area contributed by atoms with Gasteiger partial charge in [0.2, 0.25) is 0 Å². The third-order valence-electron chi connectivity index (χ3n) is 2.76. The summed E-state index contributed by atoms with van der Waals surface area (Å²) in [6.07, 6.45) is -3.80. The van der Waals surface area contributed by atoms with Crippen molar-refractivity contribution in [1.29, 1.82) is 0 Å². The summed E-state index contributed by atoms with van der Waals surface area (Å²) >= 11 is 0. The van der Waals surface area contributed by atoms with E-state index in [1.165, 1.54) is 13.1 Å². The molecule has 0 bridgehead atoms. The molecule has 9 heteroatoms. The van der Waals surface area contributed by atoms with Crippen LogP contribution in [0, 0.1) is 0 Å². The number of benzene rings is 1. The van der Waals surface area contributed by atoms with Gasteiger partial charge in [0.25, 0.3) is 0 Å². The molecule has 0 radical (unpaired) electrons. The molecular weight excluding hydrogens is 305 g/mol. The molecule has 0 spiro atoms. The molecule has 2 aromatic rings. The Morgan fingerprint density at radius 1 is 1.27 bits per heavy atom. The van der Waals surface area contributed by atoms with E-state index in [0.717, 1.165) is 29.1 Å². The number of esters is 1. The van der Waals surface area contributed by atoms with Gasteiger partial charge in [-0.1, -0.05) is 12.1 Å². The lowest BCUT2D eigenvalue weighted by molar-refractivity contribution is -0.138. The van der Waals surface area contributed by atoms with E-state index in [2.05, 4.69) is 5.10 Å². The maximum atomic E-state index is 12.8. The van der Waals surface area contributed by atoms with Crippen LogP contribution in [0.3, 0.4) is 0 Å². The minimum atomic E-state index is -4.71. The molecular formula is C13H9F3N2O4. The Balaban J connectivity index is 2.39. The molecule has 2 rings (SSSR count). The molecule has 22 heavy (non-hydrogen) atoms. The Labute approximate surface area is 121 Å². The molecule has 0 atom stereocenters. The van der Waals surface area contributed by atoms with Crippen molar-refractivity contribution in [1.82, 2.24) is 9.78 Å². The van der Waals surface area contributed by atoms with Crippen molar-refractivity contribution in [3.63, 3.8) is 0 Å². The van der Waals surface area contributed by atoms with Crippen molar-refractivity contribution in [2.24, 2.45) is 7.05 Å². The number of nitrogens with zero attached hydrogens (tertiary/aromatic N) is 2. The number of carboxylic acid groups (broad SMARTS) is 1. The molecule has 0 aliphatic carbocycles. The summed E-state index contributed by atoms with van der Waals surface area (Å²) in [4.78, 5) is 23.0. The van der Waals surface area contributed by atoms with Crippen LogP contribution in [0.5, 0.6) is 5.75 Å². The zero-order chi connectivity index (χ0) is 16.5. The van der Waals surface area contributed by atoms with Crippen molar-refractivity contribution in [2.75, 3.05) is 0 Å². The zero-order valence-corrected chi connectivity index (χ0v) is 11.1. The SMILES string of the molecule is Cn1ncc(C(=O)O)c1C(=O)Oc1ccccc1C(F)(F)F. The van der Waals surface area contributed by atoms with Crippen molar-refractivity contribution in [2.45, 2.75) is 6.18 Å². The van der Waals surface area contributed by atoms with Crippen LogP contribution in [0.2, 0.25) is 0 Å². The highest BCUT2D eigenvalue weighted by Crippen LogP contribution is 2.36. The number of carboxylic acids is 1. The largest absolute Gasteiger partial charge is 0.478 e. The number of para-hydroxylation sites is 1. The molecule has 116 valence electrons. The fourth-order valence-corrected chi connectivity index (χ4v) is 1.77. The number of hydrogen-bond donors (Lipinski definition) is 1. The summed E-state index contributed by atoms with van der Waals surface area (Å²) in [5.41, 5.74) is -2.05. The van der Waals surface area contributed by atoms with Gasteiger partial charge in [0, 0.05) is 7.05 Å². The van der Waals surface area contributed by atoms with Crippen LogP contribution in [0.4, 0.5) is 13.2 Å². The van der Waals surface area contributed by atoms with Gasteiger partial charge in [-0.3, -0.25) is 4.68 Å². The highest BCUT2D eigenvalue weighted by Gasteiger charge is 2.35. The van der Waals surface area contributed by atoms with E-state index >= 15 is 0 Å². The average Bonchev–Trinajstić information content (AvgIpc) is 2.80. The van der Waals surface area contributed by atoms with Crippen LogP contribution in [-0.2, 0) is 13.2 Å². The lowest BCUT2D eigenvalue weighted by Crippen LogP contribution is -2.19. The monoisotopic (exact) mass is 314 g/mol. The lowest BCUT2D eigenvalue weighted by Gasteiger charge is -2.12. The molecule has 1 aromatic heterocycles. The first-order chi connectivity index (χ1) is 10.2. The molecule has 1 heterocycles. The Bertz CT molecular complexity index is 737. The summed E-state index contributed by atoms with van der Waals surface area (Å²) in [5, 5.41) is 12.5. The third kappa shape index (κ3) is 2.92. The van der Waals surface area contributed by atoms with Crippen molar-refractivity contribution in [3.05, 3.63) is 47.3 Å². The third-order valence-corrected chi connectivity index (χ3v) is 2.76. The number of halogens is 3. The smallest absolute Gasteiger partial charge is 0.419 e. The molecule has 0 aliphatic heterocycles. The summed E-state index contributed by atoms with van der Waals surface area (Å²) in [5.74, 6) is -3.39. The number of aromatic carboxylic acids is 1. The van der Waals surface area contributed by atoms with Gasteiger partial charge in [-0.2, -0.15) is 18.3 Å². The zero-order valence-electron chi connectivity index (χ0n) is 11.1. The molecule has 0 amide bonds. The normalized spacial score (nSPS) is 11.3. The number of carbonyl (C=O) groups is 2. The van der Waals surface area contributed by atoms with Gasteiger partial charge in [-0.25, -0.2) is 9.59 Å². The van der Waals surface area contributed by atoms with E-state index in [1.54, 1.807) is 0 Å². The fraction of sp³-hybridized carbons (Fsp3) is 0.154. The van der Waals surface area contributed by atoms with Gasteiger partial charge in [0.05, 0.1) is 11.8 Å². The second-order valence-corrected chi connectivity index (χ2v) is 4.22. The van der Waals surface area contributed by atoms with Crippen LogP contribution in [0.25, 0.3) is 0 Å². The molecule has 0 fully saturated rings. The van der Waals surface area contributed by atoms with E-state index in [9.17, 15) is 22.8 Å². The number of rotatable bonds is 3. The molecule has 0 aliphatic rings. The van der Waals surface area contributed by atoms with Crippen LogP contribution < -0.4 is 4.74 Å². The summed E-state index contributed by atoms with van der Waals surface area (Å²) in [7, 11) is 1.28. The molecule has 6 nitrogen and oxygen atoms in total. The van der Waals surface area contributed by atoms with E-state index < -0.39 is 40.7 Å². The average molecular weight is 314 g/mol. The maximum Gasteiger partial charge on any atom is 0.419 e. The highest BCUT2D eigenvalue weighted by molar-refractivity contribution is 6.01. The fourth-order valence-electron chi connectivity index (χ4n) is 1.77. The second-order valence-electron chi connectivity index (χ2n) is 4.22. The Hall–Kier alpha value is -2.84. The quantitative estimate of drug-likeness (QED) is 0.695. The van der Waals surface area contributed by atoms with E-state index in [-0.39, 0.29) is 0 Å². The second kappa shape index (κ2) is 5.51. The number of aryl methyl sites for hydroxylation is 1. The Morgan fingerprint density at radius 2 is 1.91 bits per heavy atom. The number of ether oxygens (including phenoxy) is 1. The molecule has 1 N–H and O–H groups in total. The standard InChI is InChI=1S/C13H9F3N2O4/c1-18-10(7(6-17-18)11(19)20)12(21)22-9-5-3-2-4-8(9)13(14,15)16/h2-6H,1H3,(H,19,20). The first-order valence-electron chi connectivity index (χ1n) is 5.85. The van der Waals surface area contributed by atoms with E-state index in [4.69, 9.17) is 9.84 Å². The lowest BCUT2D eigenvalue weighted by atomic mass is 10.2. The van der Waals surface area contributed by atoms with E-state index in [0.29, 0.717) is 0 Å². The Morgan fingerprint density at radius 3 is 2.50 bits per heavy atom. The van der Waals surface area contributed by atoms with E-state index in [1.807, 2.05) is 0 Å². The minimum absolute atomic E-state index is 0.454. The van der Waals surface area contributed by atoms with Crippen LogP contribution in [0.1, 0.15) is 26.4 Å². The van der Waals surface area contributed by atoms with Crippen LogP contribution in [0.15, 0.2) is 30.5 Å². The number of hydrogen-bond acceptors (Lipinski definition) is 4. The minimum Gasteiger partial charge on any atom is -0.478 e. The molecule has 0 saturated carbocycles. The predicted molar refractivity (Wildman–Crippen MR) is 66.6 cm³/mol. The van der Waals surface area contributed by atoms with Gasteiger partial charge < -0.3 is 9.84 Å². The number of alkyl halides is 3. The van der Waals surface area contributed by atoms with Gasteiger partial charge in [-0.05, 0) is 12.1 Å². The summed E-state index contributed by atoms with van der Waals surface area (Å²) in [6, 6.07) is 4.13. The van der Waals surface area contributed by atoms with Gasteiger partial charge in [0.1, 0.15) is 11.3 Å². The van der Waals surface area contributed by atoms with Crippen molar-refractivity contribution < 1.29 is 32.6 Å². The van der Waals surface area contributed by atoms with Crippen molar-refractivity contribution in [3.8, 4) is 5.75 Å². The first kappa shape index (κ1) is 15.5. The Kier molecular flexibility index (Phi) is 3.89. The van der Waals surface area contributed by atoms with Crippen molar-refractivity contribution >= 4 is 11.9 Å². The van der Waals surface area contributed by atoms with Gasteiger partial charge in [-0.15, -0.1) is 0 Å². The van der Waals surface area contributed by atoms with Crippen LogP contribution >= 0.6 is 0 Å². The number of aromatic nitrogens is 2. The summed E-state index contributed by atoms with van der Waals surface area (Å²) < 4.78 is 44.1.